The molecule has 0 radical (unpaired) electrons. The van der Waals surface area contributed by atoms with Crippen molar-refractivity contribution in [1.82, 2.24) is 15.1 Å². The quantitative estimate of drug-likeness (QED) is 0.265. The Hall–Kier alpha value is -3.22. The third-order valence-corrected chi connectivity index (χ3v) is 8.06. The number of aromatic nitrogens is 2. The molecule has 0 bridgehead atoms. The van der Waals surface area contributed by atoms with E-state index in [4.69, 9.17) is 21.4 Å². The number of aliphatic carboxylic acids is 1. The highest BCUT2D eigenvalue weighted by molar-refractivity contribution is 7.18. The van der Waals surface area contributed by atoms with Gasteiger partial charge in [0.05, 0.1) is 11.5 Å². The molecule has 1 aromatic heterocycles. The van der Waals surface area contributed by atoms with E-state index in [-0.39, 0.29) is 39.9 Å². The molecular formula is C28H30ClF3N4O4S. The van der Waals surface area contributed by atoms with E-state index in [2.05, 4.69) is 10.2 Å². The molecule has 1 aliphatic heterocycles. The summed E-state index contributed by atoms with van der Waals surface area (Å²) in [4.78, 5) is 27.8. The number of piperidine rings is 1. The maximum Gasteiger partial charge on any atom is 0.419 e. The van der Waals surface area contributed by atoms with Crippen LogP contribution in [0.4, 0.5) is 18.3 Å². The lowest BCUT2D eigenvalue weighted by Crippen LogP contribution is -2.38. The largest absolute Gasteiger partial charge is 0.492 e. The summed E-state index contributed by atoms with van der Waals surface area (Å²) in [6, 6.07) is 10.3. The number of likely N-dealkylation sites (tertiary alicyclic amines) is 1. The highest BCUT2D eigenvalue weighted by Gasteiger charge is 2.35. The van der Waals surface area contributed by atoms with E-state index in [9.17, 15) is 22.8 Å². The lowest BCUT2D eigenvalue weighted by molar-refractivity contribution is -0.143. The predicted molar refractivity (Wildman–Crippen MR) is 151 cm³/mol. The first-order chi connectivity index (χ1) is 19.6. The van der Waals surface area contributed by atoms with Crippen molar-refractivity contribution < 1.29 is 32.6 Å². The van der Waals surface area contributed by atoms with Gasteiger partial charge in [0.2, 0.25) is 5.13 Å². The van der Waals surface area contributed by atoms with Gasteiger partial charge in [-0.15, -0.1) is 10.2 Å². The maximum atomic E-state index is 14.0. The van der Waals surface area contributed by atoms with E-state index in [0.29, 0.717) is 56.0 Å². The van der Waals surface area contributed by atoms with Crippen LogP contribution >= 0.6 is 22.9 Å². The number of carbonyl (C=O) groups excluding carboxylic acids is 1. The summed E-state index contributed by atoms with van der Waals surface area (Å²) in [7, 11) is 0. The first-order valence-electron chi connectivity index (χ1n) is 13.3. The van der Waals surface area contributed by atoms with Crippen LogP contribution < -0.4 is 9.64 Å². The first-order valence-corrected chi connectivity index (χ1v) is 14.5. The van der Waals surface area contributed by atoms with Crippen molar-refractivity contribution in [1.29, 1.82) is 0 Å². The minimum Gasteiger partial charge on any atom is -0.492 e. The summed E-state index contributed by atoms with van der Waals surface area (Å²) < 4.78 is 47.5. The predicted octanol–water partition coefficient (Wildman–Crippen LogP) is 6.50. The first kappa shape index (κ1) is 30.7. The van der Waals surface area contributed by atoms with Gasteiger partial charge < -0.3 is 9.84 Å². The molecule has 1 fully saturated rings. The topological polar surface area (TPSA) is 95.9 Å². The highest BCUT2D eigenvalue weighted by atomic mass is 35.5. The molecule has 8 nitrogen and oxygen atoms in total. The molecule has 1 aliphatic rings. The molecule has 41 heavy (non-hydrogen) atoms. The fourth-order valence-corrected chi connectivity index (χ4v) is 5.57. The van der Waals surface area contributed by atoms with Gasteiger partial charge in [-0.05, 0) is 68.8 Å². The van der Waals surface area contributed by atoms with Gasteiger partial charge in [0.1, 0.15) is 17.4 Å². The number of hydrogen-bond donors (Lipinski definition) is 1. The highest BCUT2D eigenvalue weighted by Crippen LogP contribution is 2.40. The number of unbranched alkanes of at least 4 members (excludes halogenated alkanes) is 1. The molecule has 4 rings (SSSR count). The number of amides is 1. The van der Waals surface area contributed by atoms with Crippen LogP contribution in [0, 0.1) is 5.92 Å². The monoisotopic (exact) mass is 610 g/mol. The minimum absolute atomic E-state index is 0.0289. The molecule has 1 saturated heterocycles. The van der Waals surface area contributed by atoms with Crippen LogP contribution in [-0.2, 0) is 11.0 Å². The van der Waals surface area contributed by atoms with E-state index < -0.39 is 17.7 Å². The fraction of sp³-hybridized carbons (Fsp3) is 0.429. The van der Waals surface area contributed by atoms with Crippen molar-refractivity contribution in [3.63, 3.8) is 0 Å². The van der Waals surface area contributed by atoms with Gasteiger partial charge in [0, 0.05) is 29.2 Å². The molecule has 1 N–H and O–H groups in total. The standard InChI is InChI=1S/C28H30ClF3N4O4S/c1-2-3-11-36(25(37)20-5-4-6-21(29)16-20)27-34-33-24(41-27)19-7-8-23(22(17-19)28(30,31)32)40-15-14-35-12-9-18(10-13-35)26(38)39/h4-8,16-18H,2-3,9-15H2,1H3,(H,38,39). The van der Waals surface area contributed by atoms with Crippen molar-refractivity contribution in [2.24, 2.45) is 5.92 Å². The molecular weight excluding hydrogens is 581 g/mol. The van der Waals surface area contributed by atoms with E-state index in [0.717, 1.165) is 23.8 Å². The zero-order chi connectivity index (χ0) is 29.6. The molecule has 1 amide bonds. The maximum absolute atomic E-state index is 14.0. The van der Waals surface area contributed by atoms with Gasteiger partial charge >= 0.3 is 12.1 Å². The van der Waals surface area contributed by atoms with Crippen molar-refractivity contribution >= 4 is 39.9 Å². The number of alkyl halides is 3. The molecule has 0 spiro atoms. The molecule has 0 unspecified atom stereocenters. The number of carboxylic acid groups (broad SMARTS) is 1. The van der Waals surface area contributed by atoms with E-state index in [1.807, 2.05) is 11.8 Å². The van der Waals surface area contributed by atoms with E-state index in [1.54, 1.807) is 24.3 Å². The lowest BCUT2D eigenvalue weighted by Gasteiger charge is -2.29. The number of anilines is 1. The number of carbonyl (C=O) groups is 2. The second kappa shape index (κ2) is 13.6. The molecule has 2 heterocycles. The van der Waals surface area contributed by atoms with Gasteiger partial charge in [-0.3, -0.25) is 19.4 Å². The Labute approximate surface area is 244 Å². The molecule has 2 aromatic carbocycles. The van der Waals surface area contributed by atoms with Gasteiger partial charge in [-0.2, -0.15) is 13.2 Å². The number of benzene rings is 2. The van der Waals surface area contributed by atoms with Gasteiger partial charge in [0.25, 0.3) is 5.91 Å². The van der Waals surface area contributed by atoms with Crippen LogP contribution in [0.15, 0.2) is 42.5 Å². The number of rotatable bonds is 11. The molecule has 220 valence electrons. The summed E-state index contributed by atoms with van der Waals surface area (Å²) in [5, 5.41) is 18.3. The van der Waals surface area contributed by atoms with Gasteiger partial charge in [-0.1, -0.05) is 42.3 Å². The van der Waals surface area contributed by atoms with Crippen molar-refractivity contribution in [2.45, 2.75) is 38.8 Å². The Kier molecular flexibility index (Phi) is 10.2. The second-order valence-corrected chi connectivity index (χ2v) is 11.1. The summed E-state index contributed by atoms with van der Waals surface area (Å²) >= 11 is 7.09. The zero-order valence-corrected chi connectivity index (χ0v) is 23.9. The number of nitrogens with zero attached hydrogens (tertiary/aromatic N) is 4. The van der Waals surface area contributed by atoms with E-state index in [1.165, 1.54) is 17.0 Å². The SMILES string of the molecule is CCCCN(C(=O)c1cccc(Cl)c1)c1nnc(-c2ccc(OCCN3CCC(C(=O)O)CC3)c(C(F)(F)F)c2)s1. The van der Waals surface area contributed by atoms with Crippen LogP contribution in [-0.4, -0.2) is 64.9 Å². The summed E-state index contributed by atoms with van der Waals surface area (Å²) in [5.74, 6) is -1.83. The lowest BCUT2D eigenvalue weighted by atomic mass is 9.97. The molecule has 0 aliphatic carbocycles. The second-order valence-electron chi connectivity index (χ2n) is 9.72. The minimum atomic E-state index is -4.67. The number of carboxylic acids is 1. The average Bonchev–Trinajstić information content (AvgIpc) is 3.43. The van der Waals surface area contributed by atoms with Crippen molar-refractivity contribution in [2.75, 3.05) is 37.7 Å². The van der Waals surface area contributed by atoms with Gasteiger partial charge in [0.15, 0.2) is 0 Å². The van der Waals surface area contributed by atoms with Crippen LogP contribution in [0.1, 0.15) is 48.5 Å². The van der Waals surface area contributed by atoms with Gasteiger partial charge in [-0.25, -0.2) is 0 Å². The normalized spacial score (nSPS) is 14.7. The Morgan fingerprint density at radius 1 is 1.17 bits per heavy atom. The summed E-state index contributed by atoms with van der Waals surface area (Å²) in [5.41, 5.74) is -0.360. The third-order valence-electron chi connectivity index (χ3n) is 6.83. The molecule has 0 saturated carbocycles. The average molecular weight is 611 g/mol. The Bertz CT molecular complexity index is 1360. The molecule has 0 atom stereocenters. The number of halogens is 4. The number of ether oxygens (including phenoxy) is 1. The molecule has 3 aromatic rings. The van der Waals surface area contributed by atoms with Crippen LogP contribution in [0.25, 0.3) is 10.6 Å². The fourth-order valence-electron chi connectivity index (χ4n) is 4.52. The van der Waals surface area contributed by atoms with Crippen molar-refractivity contribution in [3.8, 4) is 16.3 Å². The number of hydrogen-bond acceptors (Lipinski definition) is 7. The summed E-state index contributed by atoms with van der Waals surface area (Å²) in [6.45, 7) is 3.88. The Balaban J connectivity index is 1.49. The van der Waals surface area contributed by atoms with E-state index >= 15 is 0 Å². The van der Waals surface area contributed by atoms with Crippen LogP contribution in [0.5, 0.6) is 5.75 Å². The van der Waals surface area contributed by atoms with Crippen LogP contribution in [0.2, 0.25) is 5.02 Å². The van der Waals surface area contributed by atoms with Crippen LogP contribution in [0.3, 0.4) is 0 Å². The Morgan fingerprint density at radius 2 is 1.93 bits per heavy atom. The Morgan fingerprint density at radius 3 is 2.59 bits per heavy atom. The zero-order valence-electron chi connectivity index (χ0n) is 22.4. The van der Waals surface area contributed by atoms with Crippen molar-refractivity contribution in [3.05, 3.63) is 58.6 Å². The smallest absolute Gasteiger partial charge is 0.419 e. The summed E-state index contributed by atoms with van der Waals surface area (Å²) in [6.07, 6.45) is -2.15. The third kappa shape index (κ3) is 7.96. The molecule has 13 heteroatoms.